The largest absolute Gasteiger partial charge is 0.378 e. The van der Waals surface area contributed by atoms with E-state index in [0.29, 0.717) is 17.9 Å². The molecule has 5 nitrogen and oxygen atoms in total. The lowest BCUT2D eigenvalue weighted by atomic mass is 9.80. The summed E-state index contributed by atoms with van der Waals surface area (Å²) in [6.45, 7) is 0.798. The molecule has 5 heteroatoms. The number of hydrogen-bond acceptors (Lipinski definition) is 4. The van der Waals surface area contributed by atoms with Crippen molar-refractivity contribution in [3.63, 3.8) is 0 Å². The summed E-state index contributed by atoms with van der Waals surface area (Å²) >= 11 is 0. The van der Waals surface area contributed by atoms with Crippen LogP contribution in [-0.2, 0) is 0 Å². The van der Waals surface area contributed by atoms with Crippen LogP contribution in [-0.4, -0.2) is 35.4 Å². The van der Waals surface area contributed by atoms with Gasteiger partial charge in [0.2, 0.25) is 0 Å². The average Bonchev–Trinajstić information content (AvgIpc) is 3.26. The summed E-state index contributed by atoms with van der Waals surface area (Å²) in [6, 6.07) is 4.73. The fourth-order valence-corrected chi connectivity index (χ4v) is 3.40. The van der Waals surface area contributed by atoms with Crippen LogP contribution in [0.4, 0.5) is 5.69 Å². The van der Waals surface area contributed by atoms with Gasteiger partial charge in [-0.2, -0.15) is 5.10 Å². The smallest absolute Gasteiger partial charge is 0.0757 e. The highest BCUT2D eigenvalue weighted by atomic mass is 15.3. The summed E-state index contributed by atoms with van der Waals surface area (Å²) in [4.78, 5) is 6.73. The second-order valence-electron chi connectivity index (χ2n) is 7.20. The Morgan fingerprint density at radius 2 is 2.09 bits per heavy atom. The highest BCUT2D eigenvalue weighted by molar-refractivity contribution is 5.67. The van der Waals surface area contributed by atoms with Crippen LogP contribution in [0.3, 0.4) is 0 Å². The molecule has 2 aliphatic rings. The quantitative estimate of drug-likeness (QED) is 0.922. The number of nitrogens with two attached hydrogens (primary N) is 1. The molecule has 0 unspecified atom stereocenters. The van der Waals surface area contributed by atoms with Gasteiger partial charge >= 0.3 is 0 Å². The van der Waals surface area contributed by atoms with Crippen molar-refractivity contribution in [2.24, 2.45) is 11.7 Å². The minimum absolute atomic E-state index is 0.520. The topological polar surface area (TPSA) is 60.0 Å². The van der Waals surface area contributed by atoms with Gasteiger partial charge < -0.3 is 10.6 Å². The molecule has 0 saturated heterocycles. The second-order valence-corrected chi connectivity index (χ2v) is 7.20. The second kappa shape index (κ2) is 5.64. The molecule has 0 aliphatic heterocycles. The zero-order chi connectivity index (χ0) is 16.0. The van der Waals surface area contributed by atoms with E-state index in [-0.39, 0.29) is 0 Å². The summed E-state index contributed by atoms with van der Waals surface area (Å²) in [5.74, 6) is 1.30. The van der Waals surface area contributed by atoms with Crippen LogP contribution in [0, 0.1) is 5.92 Å². The lowest BCUT2D eigenvalue weighted by Crippen LogP contribution is -2.32. The highest BCUT2D eigenvalue weighted by Crippen LogP contribution is 2.45. The Morgan fingerprint density at radius 3 is 2.74 bits per heavy atom. The molecule has 0 bridgehead atoms. The average molecular weight is 311 g/mol. The first-order valence-corrected chi connectivity index (χ1v) is 8.58. The van der Waals surface area contributed by atoms with E-state index in [1.165, 1.54) is 29.8 Å². The monoisotopic (exact) mass is 311 g/mol. The van der Waals surface area contributed by atoms with Gasteiger partial charge in [0.15, 0.2) is 0 Å². The fraction of sp³-hybridized carbons (Fsp3) is 0.556. The van der Waals surface area contributed by atoms with E-state index in [9.17, 15) is 0 Å². The molecule has 2 aromatic rings. The molecule has 23 heavy (non-hydrogen) atoms. The standard InChI is InChI=1S/C18H25N5/c1-22(2)14-5-6-20-17(9-14)16-11-23(15-7-12(8-15)10-19)21-18(16)13-3-4-13/h5-6,9,11-13,15H,3-4,7-8,10,19H2,1-2H3. The van der Waals surface area contributed by atoms with Crippen molar-refractivity contribution in [2.75, 3.05) is 25.5 Å². The fourth-order valence-electron chi connectivity index (χ4n) is 3.40. The Bertz CT molecular complexity index is 695. The Morgan fingerprint density at radius 1 is 1.30 bits per heavy atom. The van der Waals surface area contributed by atoms with Crippen LogP contribution in [0.25, 0.3) is 11.3 Å². The summed E-state index contributed by atoms with van der Waals surface area (Å²) in [5, 5.41) is 4.94. The summed E-state index contributed by atoms with van der Waals surface area (Å²) in [5.41, 5.74) is 10.4. The molecule has 0 aromatic carbocycles. The van der Waals surface area contributed by atoms with Gasteiger partial charge in [-0.1, -0.05) is 0 Å². The van der Waals surface area contributed by atoms with E-state index in [2.05, 4.69) is 40.9 Å². The summed E-state index contributed by atoms with van der Waals surface area (Å²) in [7, 11) is 4.12. The molecule has 2 N–H and O–H groups in total. The maximum atomic E-state index is 5.76. The third kappa shape index (κ3) is 2.74. The van der Waals surface area contributed by atoms with Crippen molar-refractivity contribution in [2.45, 2.75) is 37.6 Å². The van der Waals surface area contributed by atoms with Crippen molar-refractivity contribution in [3.05, 3.63) is 30.2 Å². The minimum Gasteiger partial charge on any atom is -0.378 e. The van der Waals surface area contributed by atoms with Crippen LogP contribution in [0.5, 0.6) is 0 Å². The van der Waals surface area contributed by atoms with Crippen LogP contribution >= 0.6 is 0 Å². The minimum atomic E-state index is 0.520. The Labute approximate surface area is 137 Å². The number of pyridine rings is 1. The first-order chi connectivity index (χ1) is 11.2. The number of anilines is 1. The Kier molecular flexibility index (Phi) is 3.60. The van der Waals surface area contributed by atoms with Crippen molar-refractivity contribution in [1.82, 2.24) is 14.8 Å². The van der Waals surface area contributed by atoms with Gasteiger partial charge in [-0.05, 0) is 50.3 Å². The number of rotatable bonds is 5. The molecule has 2 heterocycles. The first kappa shape index (κ1) is 14.7. The molecule has 0 amide bonds. The molecule has 2 fully saturated rings. The Balaban J connectivity index is 1.67. The van der Waals surface area contributed by atoms with Gasteiger partial charge in [0.25, 0.3) is 0 Å². The molecular formula is C18H25N5. The van der Waals surface area contributed by atoms with E-state index in [0.717, 1.165) is 25.1 Å². The third-order valence-corrected chi connectivity index (χ3v) is 5.18. The van der Waals surface area contributed by atoms with Crippen molar-refractivity contribution < 1.29 is 0 Å². The normalized spacial score (nSPS) is 23.6. The van der Waals surface area contributed by atoms with Crippen LogP contribution in [0.2, 0.25) is 0 Å². The van der Waals surface area contributed by atoms with Gasteiger partial charge in [0.05, 0.1) is 17.4 Å². The van der Waals surface area contributed by atoms with E-state index in [1.54, 1.807) is 0 Å². The lowest BCUT2D eigenvalue weighted by Gasteiger charge is -2.34. The maximum Gasteiger partial charge on any atom is 0.0757 e. The summed E-state index contributed by atoms with van der Waals surface area (Å²) in [6.07, 6.45) is 8.94. The van der Waals surface area contributed by atoms with Gasteiger partial charge in [0.1, 0.15) is 0 Å². The molecule has 2 aromatic heterocycles. The van der Waals surface area contributed by atoms with Crippen molar-refractivity contribution in [3.8, 4) is 11.3 Å². The van der Waals surface area contributed by atoms with Gasteiger partial charge in [-0.3, -0.25) is 9.67 Å². The molecule has 0 atom stereocenters. The number of hydrogen-bond donors (Lipinski definition) is 1. The van der Waals surface area contributed by atoms with E-state index in [1.807, 2.05) is 12.3 Å². The summed E-state index contributed by atoms with van der Waals surface area (Å²) < 4.78 is 2.18. The predicted octanol–water partition coefficient (Wildman–Crippen LogP) is 2.80. The lowest BCUT2D eigenvalue weighted by molar-refractivity contribution is 0.189. The molecule has 2 aliphatic carbocycles. The molecule has 122 valence electrons. The van der Waals surface area contributed by atoms with Crippen molar-refractivity contribution >= 4 is 5.69 Å². The Hall–Kier alpha value is -1.88. The van der Waals surface area contributed by atoms with Crippen LogP contribution in [0.1, 0.15) is 43.3 Å². The van der Waals surface area contributed by atoms with Crippen LogP contribution < -0.4 is 10.6 Å². The molecular weight excluding hydrogens is 286 g/mol. The highest BCUT2D eigenvalue weighted by Gasteiger charge is 2.34. The van der Waals surface area contributed by atoms with Gasteiger partial charge in [-0.25, -0.2) is 0 Å². The first-order valence-electron chi connectivity index (χ1n) is 8.58. The maximum absolute atomic E-state index is 5.76. The molecule has 4 rings (SSSR count). The zero-order valence-electron chi connectivity index (χ0n) is 13.9. The van der Waals surface area contributed by atoms with Gasteiger partial charge in [-0.15, -0.1) is 0 Å². The third-order valence-electron chi connectivity index (χ3n) is 5.18. The van der Waals surface area contributed by atoms with Crippen LogP contribution in [0.15, 0.2) is 24.5 Å². The van der Waals surface area contributed by atoms with Crippen molar-refractivity contribution in [1.29, 1.82) is 0 Å². The van der Waals surface area contributed by atoms with E-state index >= 15 is 0 Å². The number of nitrogens with zero attached hydrogens (tertiary/aromatic N) is 4. The van der Waals surface area contributed by atoms with Gasteiger partial charge in [0, 0.05) is 43.7 Å². The molecule has 2 saturated carbocycles. The SMILES string of the molecule is CN(C)c1ccnc(-c2cn(C3CC(CN)C3)nc2C2CC2)c1. The number of aromatic nitrogens is 3. The predicted molar refractivity (Wildman–Crippen MR) is 92.6 cm³/mol. The molecule has 0 spiro atoms. The van der Waals surface area contributed by atoms with E-state index in [4.69, 9.17) is 10.8 Å². The van der Waals surface area contributed by atoms with E-state index < -0.39 is 0 Å². The zero-order valence-corrected chi connectivity index (χ0v) is 13.9. The molecule has 0 radical (unpaired) electrons.